The molecule has 8 nitrogen and oxygen atoms in total. The van der Waals surface area contributed by atoms with Crippen molar-refractivity contribution in [1.82, 2.24) is 19.8 Å². The smallest absolute Gasteiger partial charge is 0.307 e. The van der Waals surface area contributed by atoms with Gasteiger partial charge in [0, 0.05) is 17.0 Å². The molecule has 1 amide bonds. The summed E-state index contributed by atoms with van der Waals surface area (Å²) in [7, 11) is 0. The minimum atomic E-state index is -0.439. The van der Waals surface area contributed by atoms with Crippen molar-refractivity contribution in [2.24, 2.45) is 5.10 Å². The molecule has 0 spiro atoms. The third kappa shape index (κ3) is 3.25. The van der Waals surface area contributed by atoms with E-state index in [0.29, 0.717) is 16.7 Å². The molecule has 146 valence electrons. The van der Waals surface area contributed by atoms with E-state index in [4.69, 9.17) is 4.42 Å². The van der Waals surface area contributed by atoms with E-state index in [9.17, 15) is 9.59 Å². The Morgan fingerprint density at radius 3 is 2.69 bits per heavy atom. The van der Waals surface area contributed by atoms with Crippen molar-refractivity contribution < 1.29 is 9.21 Å². The number of amides is 1. The monoisotopic (exact) mass is 389 g/mol. The van der Waals surface area contributed by atoms with E-state index < -0.39 is 5.91 Å². The molecular formula is C21H19N5O3. The number of hydrazone groups is 1. The van der Waals surface area contributed by atoms with Crippen LogP contribution < -0.4 is 11.0 Å². The van der Waals surface area contributed by atoms with Gasteiger partial charge in [0.05, 0.1) is 23.4 Å². The molecule has 0 radical (unpaired) electrons. The highest BCUT2D eigenvalue weighted by Gasteiger charge is 2.15. The normalized spacial score (nSPS) is 11.4. The number of hydrogen-bond donors (Lipinski definition) is 1. The quantitative estimate of drug-likeness (QED) is 0.429. The van der Waals surface area contributed by atoms with Crippen LogP contribution in [0.5, 0.6) is 0 Å². The van der Waals surface area contributed by atoms with Gasteiger partial charge in [0.1, 0.15) is 5.82 Å². The zero-order chi connectivity index (χ0) is 20.5. The molecular weight excluding hydrogens is 370 g/mol. The van der Waals surface area contributed by atoms with Crippen molar-refractivity contribution in [1.29, 1.82) is 0 Å². The summed E-state index contributed by atoms with van der Waals surface area (Å²) in [6.07, 6.45) is 2.96. The summed E-state index contributed by atoms with van der Waals surface area (Å²) in [4.78, 5) is 29.6. The average molecular weight is 389 g/mol. The first-order chi connectivity index (χ1) is 14.0. The highest BCUT2D eigenvalue weighted by molar-refractivity contribution is 5.92. The Balaban J connectivity index is 1.71. The zero-order valence-corrected chi connectivity index (χ0v) is 16.2. The largest absolute Gasteiger partial charge is 0.459 e. The summed E-state index contributed by atoms with van der Waals surface area (Å²) in [6, 6.07) is 12.3. The molecule has 1 N–H and O–H groups in total. The van der Waals surface area contributed by atoms with Crippen LogP contribution in [-0.4, -0.2) is 26.5 Å². The zero-order valence-electron chi connectivity index (χ0n) is 16.2. The van der Waals surface area contributed by atoms with E-state index in [-0.39, 0.29) is 11.3 Å². The molecule has 0 unspecified atom stereocenters. The van der Waals surface area contributed by atoms with Crippen LogP contribution in [0.3, 0.4) is 0 Å². The molecule has 0 fully saturated rings. The van der Waals surface area contributed by atoms with Gasteiger partial charge in [0.2, 0.25) is 0 Å². The van der Waals surface area contributed by atoms with Crippen molar-refractivity contribution in [2.75, 3.05) is 0 Å². The molecule has 0 aliphatic rings. The summed E-state index contributed by atoms with van der Waals surface area (Å²) in [5, 5.41) is 4.55. The Morgan fingerprint density at radius 2 is 1.93 bits per heavy atom. The van der Waals surface area contributed by atoms with Gasteiger partial charge in [-0.1, -0.05) is 12.1 Å². The number of rotatable bonds is 4. The van der Waals surface area contributed by atoms with E-state index >= 15 is 0 Å². The molecule has 4 rings (SSSR count). The Morgan fingerprint density at radius 1 is 1.14 bits per heavy atom. The second kappa shape index (κ2) is 7.23. The number of aryl methyl sites for hydroxylation is 2. The number of para-hydroxylation sites is 1. The van der Waals surface area contributed by atoms with Crippen molar-refractivity contribution in [3.8, 4) is 0 Å². The lowest BCUT2D eigenvalue weighted by Gasteiger charge is -2.16. The fourth-order valence-electron chi connectivity index (χ4n) is 3.31. The van der Waals surface area contributed by atoms with Gasteiger partial charge >= 0.3 is 5.91 Å². The molecule has 0 atom stereocenters. The van der Waals surface area contributed by atoms with Crippen LogP contribution in [0.25, 0.3) is 10.9 Å². The van der Waals surface area contributed by atoms with Crippen molar-refractivity contribution in [3.05, 3.63) is 87.6 Å². The van der Waals surface area contributed by atoms with Gasteiger partial charge in [-0.25, -0.2) is 10.4 Å². The number of benzene rings is 1. The maximum absolute atomic E-state index is 13.1. The van der Waals surface area contributed by atoms with Gasteiger partial charge < -0.3 is 4.42 Å². The van der Waals surface area contributed by atoms with Gasteiger partial charge in [-0.05, 0) is 51.1 Å². The van der Waals surface area contributed by atoms with Gasteiger partial charge in [0.15, 0.2) is 5.76 Å². The number of carbonyl (C=O) groups excluding carboxylic acids is 1. The SMILES string of the molecule is Cc1cc(C=NNC(=O)c2ccco2)c(C)n1-n1c(C)nc2ccccc2c1=O. The van der Waals surface area contributed by atoms with Crippen LogP contribution in [-0.2, 0) is 0 Å². The summed E-state index contributed by atoms with van der Waals surface area (Å²) in [5.41, 5.74) is 5.33. The Kier molecular flexibility index (Phi) is 4.59. The number of nitrogens with zero attached hydrogens (tertiary/aromatic N) is 4. The number of fused-ring (bicyclic) bond motifs is 1. The summed E-state index contributed by atoms with van der Waals surface area (Å²) >= 11 is 0. The lowest BCUT2D eigenvalue weighted by Crippen LogP contribution is -2.30. The minimum Gasteiger partial charge on any atom is -0.459 e. The molecule has 8 heteroatoms. The first-order valence-electron chi connectivity index (χ1n) is 9.02. The van der Waals surface area contributed by atoms with E-state index in [1.165, 1.54) is 12.5 Å². The second-order valence-corrected chi connectivity index (χ2v) is 6.61. The van der Waals surface area contributed by atoms with E-state index in [2.05, 4.69) is 15.5 Å². The molecule has 4 aromatic rings. The third-order valence-electron chi connectivity index (χ3n) is 4.66. The molecule has 1 aromatic carbocycles. The molecule has 29 heavy (non-hydrogen) atoms. The lowest BCUT2D eigenvalue weighted by atomic mass is 10.2. The highest BCUT2D eigenvalue weighted by Crippen LogP contribution is 2.15. The van der Waals surface area contributed by atoms with Gasteiger partial charge in [-0.2, -0.15) is 9.78 Å². The van der Waals surface area contributed by atoms with Crippen LogP contribution in [0, 0.1) is 20.8 Å². The average Bonchev–Trinajstić information content (AvgIpc) is 3.32. The van der Waals surface area contributed by atoms with Crippen LogP contribution >= 0.6 is 0 Å². The van der Waals surface area contributed by atoms with Crippen LogP contribution in [0.1, 0.15) is 33.3 Å². The molecule has 0 aliphatic carbocycles. The standard InChI is InChI=1S/C21H19N5O3/c1-13-11-16(12-22-24-20(27)19-9-6-10-29-19)14(2)25(13)26-15(3)23-18-8-5-4-7-17(18)21(26)28/h4-12H,1-3H3,(H,24,27). The van der Waals surface area contributed by atoms with E-state index in [1.807, 2.05) is 38.1 Å². The molecule has 0 aliphatic heterocycles. The third-order valence-corrected chi connectivity index (χ3v) is 4.66. The fraction of sp³-hybridized carbons (Fsp3) is 0.143. The van der Waals surface area contributed by atoms with Crippen LogP contribution in [0.4, 0.5) is 0 Å². The summed E-state index contributed by atoms with van der Waals surface area (Å²) < 4.78 is 8.38. The maximum Gasteiger partial charge on any atom is 0.307 e. The van der Waals surface area contributed by atoms with Crippen LogP contribution in [0.2, 0.25) is 0 Å². The topological polar surface area (TPSA) is 94.4 Å². The Bertz CT molecular complexity index is 1300. The number of carbonyl (C=O) groups is 1. The number of aromatic nitrogens is 3. The van der Waals surface area contributed by atoms with Crippen LogP contribution in [0.15, 0.2) is 63.0 Å². The molecule has 0 bridgehead atoms. The summed E-state index contributed by atoms with van der Waals surface area (Å²) in [6.45, 7) is 5.57. The van der Waals surface area contributed by atoms with Gasteiger partial charge in [-0.3, -0.25) is 14.3 Å². The number of hydrogen-bond acceptors (Lipinski definition) is 5. The van der Waals surface area contributed by atoms with Gasteiger partial charge in [0.25, 0.3) is 5.56 Å². The van der Waals surface area contributed by atoms with Crippen molar-refractivity contribution in [2.45, 2.75) is 20.8 Å². The van der Waals surface area contributed by atoms with Crippen molar-refractivity contribution >= 4 is 23.0 Å². The first-order valence-corrected chi connectivity index (χ1v) is 9.02. The minimum absolute atomic E-state index is 0.149. The Labute approximate surface area is 166 Å². The lowest BCUT2D eigenvalue weighted by molar-refractivity contribution is 0.0927. The second-order valence-electron chi connectivity index (χ2n) is 6.61. The van der Waals surface area contributed by atoms with E-state index in [0.717, 1.165) is 17.0 Å². The predicted octanol–water partition coefficient (Wildman–Crippen LogP) is 2.79. The maximum atomic E-state index is 13.1. The molecule has 3 heterocycles. The Hall–Kier alpha value is -3.94. The fourth-order valence-corrected chi connectivity index (χ4v) is 3.31. The molecule has 0 saturated carbocycles. The number of furan rings is 1. The first kappa shape index (κ1) is 18.4. The van der Waals surface area contributed by atoms with E-state index in [1.54, 1.807) is 34.5 Å². The number of nitrogens with one attached hydrogen (secondary N) is 1. The predicted molar refractivity (Wildman–Crippen MR) is 109 cm³/mol. The van der Waals surface area contributed by atoms with Crippen molar-refractivity contribution in [3.63, 3.8) is 0 Å². The molecule has 3 aromatic heterocycles. The summed E-state index contributed by atoms with van der Waals surface area (Å²) in [5.74, 6) is 0.313. The molecule has 0 saturated heterocycles. The highest BCUT2D eigenvalue weighted by atomic mass is 16.3. The van der Waals surface area contributed by atoms with Gasteiger partial charge in [-0.15, -0.1) is 0 Å².